The first-order chi connectivity index (χ1) is 6.68. The molecule has 0 aliphatic rings. The maximum absolute atomic E-state index is 13.6. The fraction of sp³-hybridized carbons (Fsp3) is 0.200. The smallest absolute Gasteiger partial charge is 0.223 e. The van der Waals surface area contributed by atoms with E-state index >= 15 is 0 Å². The van der Waals surface area contributed by atoms with Crippen molar-refractivity contribution in [3.63, 3.8) is 0 Å². The molecular weight excluding hydrogens is 183 g/mol. The summed E-state index contributed by atoms with van der Waals surface area (Å²) in [6.07, 6.45) is 0. The fourth-order valence-electron chi connectivity index (χ4n) is 1.23. The molecule has 0 amide bonds. The molecule has 0 N–H and O–H groups in total. The molecule has 1 heterocycles. The molecule has 0 saturated carbocycles. The van der Waals surface area contributed by atoms with Gasteiger partial charge in [-0.15, -0.1) is 0 Å². The fourth-order valence-corrected chi connectivity index (χ4v) is 1.23. The van der Waals surface area contributed by atoms with Crippen LogP contribution in [0.1, 0.15) is 11.5 Å². The minimum absolute atomic E-state index is 0.295. The van der Waals surface area contributed by atoms with E-state index in [-0.39, 0.29) is 5.82 Å². The summed E-state index contributed by atoms with van der Waals surface area (Å²) >= 11 is 0. The van der Waals surface area contributed by atoms with Crippen molar-refractivity contribution in [2.45, 2.75) is 13.8 Å². The highest BCUT2D eigenvalue weighted by molar-refractivity contribution is 5.56. The number of hydrogen-bond acceptors (Lipinski definition) is 3. The minimum Gasteiger partial charge on any atom is -0.339 e. The third-order valence-corrected chi connectivity index (χ3v) is 1.96. The van der Waals surface area contributed by atoms with Gasteiger partial charge in [0, 0.05) is 6.92 Å². The summed E-state index contributed by atoms with van der Waals surface area (Å²) in [6.45, 7) is 3.37. The molecule has 14 heavy (non-hydrogen) atoms. The van der Waals surface area contributed by atoms with E-state index in [4.69, 9.17) is 4.52 Å². The van der Waals surface area contributed by atoms with Crippen LogP contribution in [0.15, 0.2) is 22.7 Å². The number of benzene rings is 1. The Bertz CT molecular complexity index is 465. The van der Waals surface area contributed by atoms with E-state index in [1.54, 1.807) is 32.0 Å². The van der Waals surface area contributed by atoms with Crippen LogP contribution in [0.3, 0.4) is 0 Å². The number of nitrogens with zero attached hydrogens (tertiary/aromatic N) is 2. The molecule has 4 heteroatoms. The van der Waals surface area contributed by atoms with Gasteiger partial charge in [0.25, 0.3) is 0 Å². The highest BCUT2D eigenvalue weighted by Crippen LogP contribution is 2.21. The molecule has 3 nitrogen and oxygen atoms in total. The summed E-state index contributed by atoms with van der Waals surface area (Å²) in [4.78, 5) is 3.97. The van der Waals surface area contributed by atoms with Gasteiger partial charge >= 0.3 is 0 Å². The van der Waals surface area contributed by atoms with E-state index in [0.717, 1.165) is 0 Å². The predicted molar refractivity (Wildman–Crippen MR) is 49.2 cm³/mol. The van der Waals surface area contributed by atoms with Crippen molar-refractivity contribution in [1.82, 2.24) is 10.1 Å². The van der Waals surface area contributed by atoms with Gasteiger partial charge < -0.3 is 4.52 Å². The summed E-state index contributed by atoms with van der Waals surface area (Å²) in [7, 11) is 0. The average molecular weight is 192 g/mol. The second-order valence-electron chi connectivity index (χ2n) is 3.07. The van der Waals surface area contributed by atoms with Gasteiger partial charge in [-0.2, -0.15) is 4.98 Å². The van der Waals surface area contributed by atoms with E-state index < -0.39 is 0 Å². The van der Waals surface area contributed by atoms with E-state index in [0.29, 0.717) is 22.8 Å². The Hall–Kier alpha value is -1.71. The SMILES string of the molecule is Cc1nc(-c2cccc(C)c2F)no1. The molecule has 0 bridgehead atoms. The lowest BCUT2D eigenvalue weighted by molar-refractivity contribution is 0.394. The van der Waals surface area contributed by atoms with Gasteiger partial charge in [0.15, 0.2) is 0 Å². The van der Waals surface area contributed by atoms with Crippen molar-refractivity contribution in [1.29, 1.82) is 0 Å². The monoisotopic (exact) mass is 192 g/mol. The Morgan fingerprint density at radius 3 is 2.71 bits per heavy atom. The van der Waals surface area contributed by atoms with E-state index in [1.165, 1.54) is 0 Å². The molecule has 0 fully saturated rings. The van der Waals surface area contributed by atoms with Crippen LogP contribution >= 0.6 is 0 Å². The second kappa shape index (κ2) is 3.21. The highest BCUT2D eigenvalue weighted by Gasteiger charge is 2.11. The zero-order valence-corrected chi connectivity index (χ0v) is 7.91. The van der Waals surface area contributed by atoms with Crippen molar-refractivity contribution in [2.24, 2.45) is 0 Å². The first-order valence-corrected chi connectivity index (χ1v) is 4.24. The van der Waals surface area contributed by atoms with Crippen molar-refractivity contribution in [3.05, 3.63) is 35.5 Å². The van der Waals surface area contributed by atoms with Crippen molar-refractivity contribution >= 4 is 0 Å². The van der Waals surface area contributed by atoms with Gasteiger partial charge in [-0.1, -0.05) is 17.3 Å². The van der Waals surface area contributed by atoms with Crippen LogP contribution in [0.4, 0.5) is 4.39 Å². The molecule has 72 valence electrons. The molecule has 0 spiro atoms. The predicted octanol–water partition coefficient (Wildman–Crippen LogP) is 2.49. The molecule has 0 atom stereocenters. The van der Waals surface area contributed by atoms with Crippen LogP contribution in [0.2, 0.25) is 0 Å². The number of aromatic nitrogens is 2. The molecule has 0 unspecified atom stereocenters. The Labute approximate surface area is 80.6 Å². The summed E-state index contributed by atoms with van der Waals surface area (Å²) in [6, 6.07) is 5.10. The molecule has 2 aromatic rings. The lowest BCUT2D eigenvalue weighted by Crippen LogP contribution is -1.89. The lowest BCUT2D eigenvalue weighted by atomic mass is 10.1. The normalized spacial score (nSPS) is 10.5. The van der Waals surface area contributed by atoms with Crippen LogP contribution < -0.4 is 0 Å². The summed E-state index contributed by atoms with van der Waals surface area (Å²) in [5, 5.41) is 3.66. The van der Waals surface area contributed by atoms with Crippen LogP contribution in [0, 0.1) is 19.7 Å². The maximum Gasteiger partial charge on any atom is 0.223 e. The van der Waals surface area contributed by atoms with Crippen LogP contribution in [-0.2, 0) is 0 Å². The molecule has 2 rings (SSSR count). The molecule has 0 aliphatic carbocycles. The zero-order chi connectivity index (χ0) is 10.1. The lowest BCUT2D eigenvalue weighted by Gasteiger charge is -1.99. The van der Waals surface area contributed by atoms with Gasteiger partial charge in [0.2, 0.25) is 11.7 Å². The Kier molecular flexibility index (Phi) is 2.04. The highest BCUT2D eigenvalue weighted by atomic mass is 19.1. The van der Waals surface area contributed by atoms with E-state index in [1.807, 2.05) is 0 Å². The molecule has 0 saturated heterocycles. The number of hydrogen-bond donors (Lipinski definition) is 0. The van der Waals surface area contributed by atoms with Crippen LogP contribution in [-0.4, -0.2) is 10.1 Å². The quantitative estimate of drug-likeness (QED) is 0.696. The average Bonchev–Trinajstić information content (AvgIpc) is 2.57. The van der Waals surface area contributed by atoms with Gasteiger partial charge in [0.05, 0.1) is 5.56 Å². The van der Waals surface area contributed by atoms with E-state index in [9.17, 15) is 4.39 Å². The van der Waals surface area contributed by atoms with Crippen molar-refractivity contribution < 1.29 is 8.91 Å². The third kappa shape index (κ3) is 1.39. The Morgan fingerprint density at radius 1 is 1.29 bits per heavy atom. The maximum atomic E-state index is 13.6. The van der Waals surface area contributed by atoms with Crippen molar-refractivity contribution in [2.75, 3.05) is 0 Å². The van der Waals surface area contributed by atoms with Gasteiger partial charge in [-0.3, -0.25) is 0 Å². The van der Waals surface area contributed by atoms with Gasteiger partial charge in [-0.25, -0.2) is 4.39 Å². The number of halogens is 1. The summed E-state index contributed by atoms with van der Waals surface area (Å²) < 4.78 is 18.4. The molecule has 0 aliphatic heterocycles. The Balaban J connectivity index is 2.57. The summed E-state index contributed by atoms with van der Waals surface area (Å²) in [5.74, 6) is 0.429. The minimum atomic E-state index is -0.298. The molecule has 1 aromatic heterocycles. The second-order valence-corrected chi connectivity index (χ2v) is 3.07. The zero-order valence-electron chi connectivity index (χ0n) is 7.91. The largest absolute Gasteiger partial charge is 0.339 e. The van der Waals surface area contributed by atoms with E-state index in [2.05, 4.69) is 10.1 Å². The molecular formula is C10H9FN2O. The first-order valence-electron chi connectivity index (χ1n) is 4.24. The van der Waals surface area contributed by atoms with Crippen LogP contribution in [0.25, 0.3) is 11.4 Å². The van der Waals surface area contributed by atoms with Crippen LogP contribution in [0.5, 0.6) is 0 Å². The topological polar surface area (TPSA) is 38.9 Å². The number of rotatable bonds is 1. The van der Waals surface area contributed by atoms with Gasteiger partial charge in [-0.05, 0) is 18.6 Å². The first kappa shape index (κ1) is 8.87. The van der Waals surface area contributed by atoms with Gasteiger partial charge in [0.1, 0.15) is 5.82 Å². The standard InChI is InChI=1S/C10H9FN2O/c1-6-4-3-5-8(9(6)11)10-12-7(2)14-13-10/h3-5H,1-2H3. The number of aryl methyl sites for hydroxylation is 2. The summed E-state index contributed by atoms with van der Waals surface area (Å²) in [5.41, 5.74) is 0.951. The molecule has 0 radical (unpaired) electrons. The third-order valence-electron chi connectivity index (χ3n) is 1.96. The molecule has 1 aromatic carbocycles. The Morgan fingerprint density at radius 2 is 2.07 bits per heavy atom. The van der Waals surface area contributed by atoms with Crippen molar-refractivity contribution in [3.8, 4) is 11.4 Å².